The third-order valence-corrected chi connectivity index (χ3v) is 3.11. The van der Waals surface area contributed by atoms with E-state index in [1.165, 1.54) is 18.2 Å². The molecule has 126 valence electrons. The normalized spacial score (nSPS) is 10.9. The predicted molar refractivity (Wildman–Crippen MR) is 92.8 cm³/mol. The Labute approximate surface area is 140 Å². The predicted octanol–water partition coefficient (Wildman–Crippen LogP) is 4.27. The molecule has 0 saturated carbocycles. The van der Waals surface area contributed by atoms with E-state index in [-0.39, 0.29) is 11.8 Å². The lowest BCUT2D eigenvalue weighted by Crippen LogP contribution is -2.09. The van der Waals surface area contributed by atoms with Gasteiger partial charge in [-0.1, -0.05) is 18.2 Å². The number of hydrogen-bond acceptors (Lipinski definition) is 3. The quantitative estimate of drug-likeness (QED) is 0.805. The van der Waals surface area contributed by atoms with Crippen molar-refractivity contribution in [3.05, 3.63) is 59.9 Å². The summed E-state index contributed by atoms with van der Waals surface area (Å²) < 4.78 is 24.4. The van der Waals surface area contributed by atoms with Crippen molar-refractivity contribution < 1.29 is 18.7 Å². The van der Waals surface area contributed by atoms with Crippen LogP contribution in [0, 0.1) is 5.82 Å². The Morgan fingerprint density at radius 1 is 1.17 bits per heavy atom. The van der Waals surface area contributed by atoms with Crippen LogP contribution in [0.4, 0.5) is 10.1 Å². The lowest BCUT2D eigenvalue weighted by atomic mass is 10.2. The summed E-state index contributed by atoms with van der Waals surface area (Å²) in [7, 11) is 1.56. The van der Waals surface area contributed by atoms with E-state index < -0.39 is 11.7 Å². The Morgan fingerprint density at radius 2 is 1.92 bits per heavy atom. The van der Waals surface area contributed by atoms with Gasteiger partial charge in [0, 0.05) is 6.08 Å². The molecule has 0 saturated heterocycles. The van der Waals surface area contributed by atoms with E-state index in [0.717, 1.165) is 5.56 Å². The number of carbonyl (C=O) groups is 1. The molecule has 0 aliphatic carbocycles. The van der Waals surface area contributed by atoms with E-state index in [4.69, 9.17) is 9.47 Å². The first-order valence-electron chi connectivity index (χ1n) is 7.58. The van der Waals surface area contributed by atoms with Gasteiger partial charge in [-0.3, -0.25) is 4.79 Å². The molecule has 1 N–H and O–H groups in total. The summed E-state index contributed by atoms with van der Waals surface area (Å²) in [6, 6.07) is 11.4. The molecule has 0 heterocycles. The minimum atomic E-state index is -0.476. The van der Waals surface area contributed by atoms with Crippen molar-refractivity contribution in [2.75, 3.05) is 12.4 Å². The molecule has 24 heavy (non-hydrogen) atoms. The van der Waals surface area contributed by atoms with Gasteiger partial charge in [0.2, 0.25) is 5.91 Å². The summed E-state index contributed by atoms with van der Waals surface area (Å²) in [6.45, 7) is 3.86. The molecule has 0 aromatic heterocycles. The lowest BCUT2D eigenvalue weighted by molar-refractivity contribution is -0.111. The first-order chi connectivity index (χ1) is 11.5. The maximum Gasteiger partial charge on any atom is 0.248 e. The molecule has 2 rings (SSSR count). The fourth-order valence-corrected chi connectivity index (χ4v) is 2.05. The van der Waals surface area contributed by atoms with Gasteiger partial charge in [0.25, 0.3) is 0 Å². The minimum Gasteiger partial charge on any atom is -0.493 e. The van der Waals surface area contributed by atoms with Crippen LogP contribution in [0.3, 0.4) is 0 Å². The van der Waals surface area contributed by atoms with Gasteiger partial charge >= 0.3 is 0 Å². The average molecular weight is 329 g/mol. The van der Waals surface area contributed by atoms with Gasteiger partial charge in [0.1, 0.15) is 5.82 Å². The smallest absolute Gasteiger partial charge is 0.248 e. The van der Waals surface area contributed by atoms with Crippen LogP contribution in [0.15, 0.2) is 48.5 Å². The number of rotatable bonds is 6. The number of halogens is 1. The second-order valence-electron chi connectivity index (χ2n) is 5.38. The summed E-state index contributed by atoms with van der Waals surface area (Å²) >= 11 is 0. The second-order valence-corrected chi connectivity index (χ2v) is 5.38. The van der Waals surface area contributed by atoms with E-state index >= 15 is 0 Å². The van der Waals surface area contributed by atoms with E-state index in [9.17, 15) is 9.18 Å². The van der Waals surface area contributed by atoms with Crippen molar-refractivity contribution in [1.82, 2.24) is 0 Å². The maximum absolute atomic E-state index is 13.5. The van der Waals surface area contributed by atoms with Gasteiger partial charge in [-0.2, -0.15) is 0 Å². The zero-order chi connectivity index (χ0) is 17.5. The van der Waals surface area contributed by atoms with Gasteiger partial charge in [-0.25, -0.2) is 4.39 Å². The Hall–Kier alpha value is -2.82. The molecule has 5 heteroatoms. The molecule has 0 fully saturated rings. The number of anilines is 1. The summed E-state index contributed by atoms with van der Waals surface area (Å²) in [4.78, 5) is 11.9. The van der Waals surface area contributed by atoms with E-state index in [2.05, 4.69) is 5.32 Å². The van der Waals surface area contributed by atoms with Gasteiger partial charge in [-0.15, -0.1) is 0 Å². The second kappa shape index (κ2) is 8.15. The van der Waals surface area contributed by atoms with Crippen LogP contribution in [0.25, 0.3) is 6.08 Å². The van der Waals surface area contributed by atoms with Crippen LogP contribution in [0.2, 0.25) is 0 Å². The number of amides is 1. The first-order valence-corrected chi connectivity index (χ1v) is 7.58. The largest absolute Gasteiger partial charge is 0.493 e. The summed E-state index contributed by atoms with van der Waals surface area (Å²) in [5.74, 6) is 0.332. The highest BCUT2D eigenvalue weighted by Crippen LogP contribution is 2.29. The number of nitrogens with one attached hydrogen (secondary N) is 1. The van der Waals surface area contributed by atoms with Crippen LogP contribution in [-0.4, -0.2) is 19.1 Å². The van der Waals surface area contributed by atoms with Gasteiger partial charge in [-0.05, 0) is 49.8 Å². The number of benzene rings is 2. The van der Waals surface area contributed by atoms with E-state index in [1.807, 2.05) is 19.9 Å². The Morgan fingerprint density at radius 3 is 2.58 bits per heavy atom. The molecule has 0 unspecified atom stereocenters. The average Bonchev–Trinajstić information content (AvgIpc) is 2.55. The van der Waals surface area contributed by atoms with Gasteiger partial charge < -0.3 is 14.8 Å². The molecule has 4 nitrogen and oxygen atoms in total. The molecule has 0 atom stereocenters. The molecular weight excluding hydrogens is 309 g/mol. The molecular formula is C19H20FNO3. The van der Waals surface area contributed by atoms with Crippen LogP contribution in [0.1, 0.15) is 19.4 Å². The number of para-hydroxylation sites is 1. The van der Waals surface area contributed by atoms with Crippen molar-refractivity contribution in [1.29, 1.82) is 0 Å². The van der Waals surface area contributed by atoms with Crippen molar-refractivity contribution in [3.63, 3.8) is 0 Å². The molecule has 2 aromatic carbocycles. The monoisotopic (exact) mass is 329 g/mol. The van der Waals surface area contributed by atoms with Crippen molar-refractivity contribution in [2.24, 2.45) is 0 Å². The fourth-order valence-electron chi connectivity index (χ4n) is 2.05. The minimum absolute atomic E-state index is 0.0341. The molecule has 0 spiro atoms. The third-order valence-electron chi connectivity index (χ3n) is 3.11. The molecule has 2 aromatic rings. The number of carbonyl (C=O) groups excluding carboxylic acids is 1. The van der Waals surface area contributed by atoms with Gasteiger partial charge in [0.15, 0.2) is 11.5 Å². The molecule has 0 aliphatic heterocycles. The zero-order valence-electron chi connectivity index (χ0n) is 13.9. The molecule has 0 radical (unpaired) electrons. The third kappa shape index (κ3) is 4.84. The Bertz CT molecular complexity index is 741. The maximum atomic E-state index is 13.5. The summed E-state index contributed by atoms with van der Waals surface area (Å²) in [5, 5.41) is 2.49. The van der Waals surface area contributed by atoms with Crippen molar-refractivity contribution in [3.8, 4) is 11.5 Å². The topological polar surface area (TPSA) is 47.6 Å². The number of methoxy groups -OCH3 is 1. The van der Waals surface area contributed by atoms with Gasteiger partial charge in [0.05, 0.1) is 18.9 Å². The highest BCUT2D eigenvalue weighted by atomic mass is 19.1. The van der Waals surface area contributed by atoms with E-state index in [0.29, 0.717) is 11.5 Å². The Balaban J connectivity index is 2.08. The summed E-state index contributed by atoms with van der Waals surface area (Å²) in [5.41, 5.74) is 0.914. The highest BCUT2D eigenvalue weighted by Gasteiger charge is 2.07. The fraction of sp³-hybridized carbons (Fsp3) is 0.211. The standard InChI is InChI=1S/C19H20FNO3/c1-13(2)24-17-10-8-14(12-18(17)23-3)9-11-19(22)21-16-7-5-4-6-15(16)20/h4-13H,1-3H3,(H,21,22). The molecule has 0 bridgehead atoms. The van der Waals surface area contributed by atoms with Crippen LogP contribution in [-0.2, 0) is 4.79 Å². The Kier molecular flexibility index (Phi) is 5.95. The number of ether oxygens (including phenoxy) is 2. The number of hydrogen-bond donors (Lipinski definition) is 1. The summed E-state index contributed by atoms with van der Waals surface area (Å²) in [6.07, 6.45) is 2.99. The van der Waals surface area contributed by atoms with Crippen LogP contribution in [0.5, 0.6) is 11.5 Å². The SMILES string of the molecule is COc1cc(C=CC(=O)Nc2ccccc2F)ccc1OC(C)C. The lowest BCUT2D eigenvalue weighted by Gasteiger charge is -2.13. The van der Waals surface area contributed by atoms with Crippen LogP contribution >= 0.6 is 0 Å². The van der Waals surface area contributed by atoms with E-state index in [1.54, 1.807) is 37.5 Å². The zero-order valence-corrected chi connectivity index (χ0v) is 13.9. The van der Waals surface area contributed by atoms with Crippen molar-refractivity contribution in [2.45, 2.75) is 20.0 Å². The molecule has 1 amide bonds. The highest BCUT2D eigenvalue weighted by molar-refractivity contribution is 6.02. The van der Waals surface area contributed by atoms with Crippen LogP contribution < -0.4 is 14.8 Å². The van der Waals surface area contributed by atoms with Crippen molar-refractivity contribution >= 4 is 17.7 Å². The first kappa shape index (κ1) is 17.5. The molecule has 0 aliphatic rings.